The van der Waals surface area contributed by atoms with Gasteiger partial charge in [-0.05, 0) is 61.4 Å². The summed E-state index contributed by atoms with van der Waals surface area (Å²) >= 11 is 0. The summed E-state index contributed by atoms with van der Waals surface area (Å²) in [7, 11) is 0. The Hall–Kier alpha value is -2.40. The van der Waals surface area contributed by atoms with Gasteiger partial charge in [-0.2, -0.15) is 0 Å². The van der Waals surface area contributed by atoms with Crippen molar-refractivity contribution in [2.75, 3.05) is 13.2 Å². The molecular weight excluding hydrogens is 297 g/mol. The number of aryl methyl sites for hydroxylation is 1. The van der Waals surface area contributed by atoms with E-state index in [0.29, 0.717) is 29.0 Å². The average molecular weight is 317 g/mol. The lowest BCUT2D eigenvalue weighted by Crippen LogP contribution is -2.22. The Bertz CT molecular complexity index is 670. The summed E-state index contributed by atoms with van der Waals surface area (Å²) in [5.74, 6) is 0.0817. The molecule has 122 valence electrons. The molecule has 0 radical (unpaired) electrons. The van der Waals surface area contributed by atoms with Crippen LogP contribution in [0.3, 0.4) is 0 Å². The van der Waals surface area contributed by atoms with Crippen molar-refractivity contribution in [1.82, 2.24) is 5.32 Å². The second-order valence-electron chi connectivity index (χ2n) is 5.21. The number of carbonyl (C=O) groups excluding carboxylic acids is 1. The Kier molecular flexibility index (Phi) is 5.71. The molecule has 2 rings (SSSR count). The minimum absolute atomic E-state index is 0.0486. The van der Waals surface area contributed by atoms with Crippen molar-refractivity contribution in [2.45, 2.75) is 20.0 Å². The van der Waals surface area contributed by atoms with Gasteiger partial charge in [-0.15, -0.1) is 0 Å². The van der Waals surface area contributed by atoms with E-state index >= 15 is 0 Å². The first-order chi connectivity index (χ1) is 11.0. The zero-order valence-electron chi connectivity index (χ0n) is 13.2. The predicted octanol–water partition coefficient (Wildman–Crippen LogP) is 3.00. The van der Waals surface area contributed by atoms with E-state index in [2.05, 4.69) is 5.32 Å². The molecule has 0 heterocycles. The third-order valence-corrected chi connectivity index (χ3v) is 3.45. The number of ether oxygens (including phenoxy) is 1. The van der Waals surface area contributed by atoms with Crippen LogP contribution in [0, 0.1) is 12.7 Å². The molecule has 4 nitrogen and oxygen atoms in total. The second-order valence-corrected chi connectivity index (χ2v) is 5.21. The van der Waals surface area contributed by atoms with Gasteiger partial charge in [0, 0.05) is 12.1 Å². The zero-order chi connectivity index (χ0) is 16.8. The highest BCUT2D eigenvalue weighted by Gasteiger charge is 2.12. The van der Waals surface area contributed by atoms with Gasteiger partial charge in [0.05, 0.1) is 0 Å². The van der Waals surface area contributed by atoms with Crippen LogP contribution in [-0.4, -0.2) is 24.2 Å². The van der Waals surface area contributed by atoms with E-state index in [1.54, 1.807) is 37.3 Å². The Morgan fingerprint density at radius 2 is 1.96 bits per heavy atom. The van der Waals surface area contributed by atoms with Gasteiger partial charge < -0.3 is 15.2 Å². The molecule has 23 heavy (non-hydrogen) atoms. The topological polar surface area (TPSA) is 58.6 Å². The van der Waals surface area contributed by atoms with Gasteiger partial charge in [0.25, 0.3) is 5.91 Å². The first-order valence-corrected chi connectivity index (χ1v) is 7.46. The maximum atomic E-state index is 13.1. The molecule has 0 saturated carbocycles. The number of nitrogens with one attached hydrogen (secondary N) is 1. The Morgan fingerprint density at radius 1 is 1.26 bits per heavy atom. The molecular formula is C18H20FNO3. The molecule has 0 aliphatic heterocycles. The van der Waals surface area contributed by atoms with E-state index in [1.807, 2.05) is 6.92 Å². The molecule has 0 fully saturated rings. The van der Waals surface area contributed by atoms with E-state index in [4.69, 9.17) is 4.74 Å². The lowest BCUT2D eigenvalue weighted by Gasteiger charge is -2.15. The molecule has 2 N–H and O–H groups in total. The number of hydrogen-bond acceptors (Lipinski definition) is 3. The van der Waals surface area contributed by atoms with Gasteiger partial charge in [-0.25, -0.2) is 4.39 Å². The lowest BCUT2D eigenvalue weighted by atomic mass is 10.0. The molecule has 1 unspecified atom stereocenters. The summed E-state index contributed by atoms with van der Waals surface area (Å²) in [6, 6.07) is 10.9. The summed E-state index contributed by atoms with van der Waals surface area (Å²) in [6.07, 6.45) is -0.848. The minimum atomic E-state index is -0.848. The van der Waals surface area contributed by atoms with Crippen LogP contribution in [0.4, 0.5) is 4.39 Å². The van der Waals surface area contributed by atoms with Crippen LogP contribution in [0.2, 0.25) is 0 Å². The lowest BCUT2D eigenvalue weighted by molar-refractivity contribution is 0.0955. The number of rotatable bonds is 6. The first kappa shape index (κ1) is 17.0. The quantitative estimate of drug-likeness (QED) is 0.861. The highest BCUT2D eigenvalue weighted by Crippen LogP contribution is 2.20. The predicted molar refractivity (Wildman–Crippen MR) is 86.0 cm³/mol. The molecule has 1 atom stereocenters. The fourth-order valence-electron chi connectivity index (χ4n) is 2.24. The second kappa shape index (κ2) is 7.74. The van der Waals surface area contributed by atoms with Gasteiger partial charge in [-0.1, -0.05) is 6.07 Å². The first-order valence-electron chi connectivity index (χ1n) is 7.46. The maximum Gasteiger partial charge on any atom is 0.251 e. The zero-order valence-corrected chi connectivity index (χ0v) is 13.2. The smallest absolute Gasteiger partial charge is 0.251 e. The number of benzene rings is 2. The van der Waals surface area contributed by atoms with Crippen molar-refractivity contribution in [3.8, 4) is 5.75 Å². The number of amides is 1. The maximum absolute atomic E-state index is 13.1. The molecule has 0 spiro atoms. The van der Waals surface area contributed by atoms with Crippen LogP contribution in [0.1, 0.15) is 34.5 Å². The Labute approximate surface area is 134 Å². The Balaban J connectivity index is 1.96. The minimum Gasteiger partial charge on any atom is -0.491 e. The van der Waals surface area contributed by atoms with Crippen molar-refractivity contribution in [2.24, 2.45) is 0 Å². The number of halogens is 1. The van der Waals surface area contributed by atoms with Crippen molar-refractivity contribution < 1.29 is 19.0 Å². The van der Waals surface area contributed by atoms with Gasteiger partial charge >= 0.3 is 0 Å². The largest absolute Gasteiger partial charge is 0.491 e. The summed E-state index contributed by atoms with van der Waals surface area (Å²) in [4.78, 5) is 11.6. The highest BCUT2D eigenvalue weighted by molar-refractivity contribution is 5.94. The number of hydrogen-bond donors (Lipinski definition) is 2. The van der Waals surface area contributed by atoms with E-state index in [1.165, 1.54) is 12.1 Å². The summed E-state index contributed by atoms with van der Waals surface area (Å²) in [5, 5.41) is 12.9. The molecule has 0 aliphatic carbocycles. The van der Waals surface area contributed by atoms with E-state index in [9.17, 15) is 14.3 Å². The fraction of sp³-hybridized carbons (Fsp3) is 0.278. The SMILES string of the molecule is CCNC(=O)c1ccc(OCC(O)c2ccc(F)cc2C)cc1. The third-order valence-electron chi connectivity index (χ3n) is 3.45. The van der Waals surface area contributed by atoms with Crippen LogP contribution in [-0.2, 0) is 0 Å². The Morgan fingerprint density at radius 3 is 2.57 bits per heavy atom. The molecule has 0 bridgehead atoms. The molecule has 0 aromatic heterocycles. The molecule has 0 saturated heterocycles. The van der Waals surface area contributed by atoms with E-state index in [0.717, 1.165) is 0 Å². The molecule has 0 aliphatic rings. The molecule has 2 aromatic carbocycles. The van der Waals surface area contributed by atoms with Crippen LogP contribution >= 0.6 is 0 Å². The van der Waals surface area contributed by atoms with Crippen LogP contribution < -0.4 is 10.1 Å². The molecule has 1 amide bonds. The summed E-state index contributed by atoms with van der Waals surface area (Å²) in [5.41, 5.74) is 1.85. The van der Waals surface area contributed by atoms with Crippen molar-refractivity contribution in [1.29, 1.82) is 0 Å². The van der Waals surface area contributed by atoms with Gasteiger partial charge in [0.2, 0.25) is 0 Å². The van der Waals surface area contributed by atoms with Gasteiger partial charge in [0.15, 0.2) is 0 Å². The van der Waals surface area contributed by atoms with Gasteiger partial charge in [-0.3, -0.25) is 4.79 Å². The highest BCUT2D eigenvalue weighted by atomic mass is 19.1. The number of aliphatic hydroxyl groups excluding tert-OH is 1. The summed E-state index contributed by atoms with van der Waals surface area (Å²) < 4.78 is 18.6. The van der Waals surface area contributed by atoms with E-state index < -0.39 is 6.10 Å². The molecule has 2 aromatic rings. The summed E-state index contributed by atoms with van der Waals surface area (Å²) in [6.45, 7) is 4.21. The van der Waals surface area contributed by atoms with Crippen LogP contribution in [0.5, 0.6) is 5.75 Å². The number of aliphatic hydroxyl groups is 1. The fourth-order valence-corrected chi connectivity index (χ4v) is 2.24. The van der Waals surface area contributed by atoms with Crippen molar-refractivity contribution in [3.63, 3.8) is 0 Å². The van der Waals surface area contributed by atoms with Crippen molar-refractivity contribution >= 4 is 5.91 Å². The van der Waals surface area contributed by atoms with Crippen LogP contribution in [0.25, 0.3) is 0 Å². The van der Waals surface area contributed by atoms with Gasteiger partial charge in [0.1, 0.15) is 24.3 Å². The molecule has 5 heteroatoms. The normalized spacial score (nSPS) is 11.8. The average Bonchev–Trinajstić information content (AvgIpc) is 2.53. The standard InChI is InChI=1S/C18H20FNO3/c1-3-20-18(22)13-4-7-15(8-5-13)23-11-17(21)16-9-6-14(19)10-12(16)2/h4-10,17,21H,3,11H2,1-2H3,(H,20,22). The number of carbonyl (C=O) groups is 1. The monoisotopic (exact) mass is 317 g/mol. The van der Waals surface area contributed by atoms with Crippen molar-refractivity contribution in [3.05, 3.63) is 65.0 Å². The van der Waals surface area contributed by atoms with E-state index in [-0.39, 0.29) is 18.3 Å². The van der Waals surface area contributed by atoms with Crippen LogP contribution in [0.15, 0.2) is 42.5 Å². The third kappa shape index (κ3) is 4.53.